The topological polar surface area (TPSA) is 20.2 Å². The van der Waals surface area contributed by atoms with Crippen molar-refractivity contribution in [2.24, 2.45) is 0 Å². The lowest BCUT2D eigenvalue weighted by Crippen LogP contribution is -1.99. The first-order valence-corrected chi connectivity index (χ1v) is 6.30. The maximum atomic E-state index is 10.1. The van der Waals surface area contributed by atoms with Crippen LogP contribution in [0.1, 0.15) is 42.6 Å². The molecule has 0 fully saturated rings. The van der Waals surface area contributed by atoms with E-state index in [-0.39, 0.29) is 6.10 Å². The maximum absolute atomic E-state index is 10.1. The van der Waals surface area contributed by atoms with E-state index in [2.05, 4.69) is 22.5 Å². The van der Waals surface area contributed by atoms with Gasteiger partial charge in [0, 0.05) is 4.47 Å². The molecule has 0 heterocycles. The highest BCUT2D eigenvalue weighted by molar-refractivity contribution is 9.10. The van der Waals surface area contributed by atoms with Gasteiger partial charge in [0.2, 0.25) is 0 Å². The van der Waals surface area contributed by atoms with Gasteiger partial charge in [-0.2, -0.15) is 0 Å². The molecule has 0 spiro atoms. The van der Waals surface area contributed by atoms with E-state index in [1.807, 2.05) is 32.9 Å². The Morgan fingerprint density at radius 1 is 1.38 bits per heavy atom. The lowest BCUT2D eigenvalue weighted by Gasteiger charge is -2.14. The third kappa shape index (κ3) is 3.46. The van der Waals surface area contributed by atoms with Crippen LogP contribution in [0.5, 0.6) is 0 Å². The van der Waals surface area contributed by atoms with E-state index in [1.165, 1.54) is 11.1 Å². The minimum Gasteiger partial charge on any atom is -0.388 e. The van der Waals surface area contributed by atoms with Crippen LogP contribution >= 0.6 is 15.9 Å². The number of aryl methyl sites for hydroxylation is 2. The van der Waals surface area contributed by atoms with Crippen LogP contribution in [-0.2, 0) is 0 Å². The normalized spacial score (nSPS) is 12.6. The van der Waals surface area contributed by atoms with Crippen LogP contribution in [0.2, 0.25) is 0 Å². The number of aliphatic hydroxyl groups excluding tert-OH is 1. The van der Waals surface area contributed by atoms with Crippen molar-refractivity contribution in [1.29, 1.82) is 0 Å². The first kappa shape index (κ1) is 13.5. The van der Waals surface area contributed by atoms with Crippen LogP contribution in [-0.4, -0.2) is 5.11 Å². The molecule has 0 amide bonds. The van der Waals surface area contributed by atoms with Gasteiger partial charge in [-0.25, -0.2) is 0 Å². The summed E-state index contributed by atoms with van der Waals surface area (Å²) >= 11 is 3.53. The Morgan fingerprint density at radius 3 is 2.31 bits per heavy atom. The van der Waals surface area contributed by atoms with E-state index in [0.717, 1.165) is 28.5 Å². The predicted molar refractivity (Wildman–Crippen MR) is 72.6 cm³/mol. The summed E-state index contributed by atoms with van der Waals surface area (Å²) in [5.41, 5.74) is 4.46. The molecule has 1 nitrogen and oxygen atoms in total. The highest BCUT2D eigenvalue weighted by Gasteiger charge is 2.10. The number of halogens is 1. The molecule has 88 valence electrons. The van der Waals surface area contributed by atoms with Gasteiger partial charge in [-0.15, -0.1) is 6.58 Å². The molecule has 1 atom stereocenters. The quantitative estimate of drug-likeness (QED) is 0.809. The van der Waals surface area contributed by atoms with Crippen molar-refractivity contribution in [3.05, 3.63) is 45.4 Å². The number of rotatable bonds is 4. The fourth-order valence-electron chi connectivity index (χ4n) is 1.72. The van der Waals surface area contributed by atoms with Crippen LogP contribution < -0.4 is 0 Å². The smallest absolute Gasteiger partial charge is 0.0793 e. The fourth-order valence-corrected chi connectivity index (χ4v) is 1.95. The summed E-state index contributed by atoms with van der Waals surface area (Å²) in [5.74, 6) is 0. The average Bonchev–Trinajstić information content (AvgIpc) is 2.21. The maximum Gasteiger partial charge on any atom is 0.0793 e. The molecule has 0 saturated heterocycles. The van der Waals surface area contributed by atoms with Crippen molar-refractivity contribution in [2.75, 3.05) is 0 Å². The summed E-state index contributed by atoms with van der Waals surface area (Å²) < 4.78 is 1.13. The highest BCUT2D eigenvalue weighted by atomic mass is 79.9. The molecule has 0 aliphatic heterocycles. The van der Waals surface area contributed by atoms with Gasteiger partial charge in [-0.3, -0.25) is 0 Å². The van der Waals surface area contributed by atoms with Crippen LogP contribution in [0.15, 0.2) is 28.8 Å². The predicted octanol–water partition coefficient (Wildman–Crippen LogP) is 4.46. The van der Waals surface area contributed by atoms with E-state index >= 15 is 0 Å². The zero-order chi connectivity index (χ0) is 12.3. The van der Waals surface area contributed by atoms with Crippen molar-refractivity contribution >= 4 is 15.9 Å². The number of hydrogen-bond acceptors (Lipinski definition) is 1. The van der Waals surface area contributed by atoms with E-state index in [0.29, 0.717) is 0 Å². The molecular weight excluding hydrogens is 264 g/mol. The molecule has 1 aromatic carbocycles. The summed E-state index contributed by atoms with van der Waals surface area (Å²) in [6.45, 7) is 9.94. The minimum atomic E-state index is -0.387. The Bertz CT molecular complexity index is 373. The van der Waals surface area contributed by atoms with Crippen molar-refractivity contribution in [3.63, 3.8) is 0 Å². The van der Waals surface area contributed by atoms with Gasteiger partial charge in [-0.1, -0.05) is 33.6 Å². The molecular formula is C14H19BrO. The number of hydrogen-bond donors (Lipinski definition) is 1. The number of benzene rings is 1. The van der Waals surface area contributed by atoms with Gasteiger partial charge in [0.25, 0.3) is 0 Å². The third-order valence-corrected chi connectivity index (χ3v) is 3.94. The minimum absolute atomic E-state index is 0.387. The van der Waals surface area contributed by atoms with Gasteiger partial charge in [0.15, 0.2) is 0 Å². The number of allylic oxidation sites excluding steroid dienone is 1. The lowest BCUT2D eigenvalue weighted by molar-refractivity contribution is 0.167. The van der Waals surface area contributed by atoms with Gasteiger partial charge < -0.3 is 5.11 Å². The second kappa shape index (κ2) is 5.65. The molecule has 1 N–H and O–H groups in total. The Labute approximate surface area is 106 Å². The van der Waals surface area contributed by atoms with Crippen molar-refractivity contribution in [1.82, 2.24) is 0 Å². The average molecular weight is 283 g/mol. The SMILES string of the molecule is C=C(C)CCC(O)c1cc(C)c(Br)c(C)c1. The van der Waals surface area contributed by atoms with E-state index < -0.39 is 0 Å². The van der Waals surface area contributed by atoms with Crippen LogP contribution in [0.25, 0.3) is 0 Å². The largest absolute Gasteiger partial charge is 0.388 e. The number of aliphatic hydroxyl groups is 1. The summed E-state index contributed by atoms with van der Waals surface area (Å²) in [4.78, 5) is 0. The lowest BCUT2D eigenvalue weighted by atomic mass is 9.99. The molecule has 1 unspecified atom stereocenters. The molecule has 0 aliphatic carbocycles. The zero-order valence-electron chi connectivity index (χ0n) is 10.2. The van der Waals surface area contributed by atoms with Gasteiger partial charge in [0.05, 0.1) is 6.10 Å². The molecule has 1 aromatic rings. The molecule has 0 radical (unpaired) electrons. The summed E-state index contributed by atoms with van der Waals surface area (Å²) in [5, 5.41) is 10.1. The van der Waals surface area contributed by atoms with E-state index in [4.69, 9.17) is 0 Å². The molecule has 1 rings (SSSR count). The molecule has 0 aromatic heterocycles. The molecule has 2 heteroatoms. The Balaban J connectivity index is 2.84. The van der Waals surface area contributed by atoms with E-state index in [1.54, 1.807) is 0 Å². The molecule has 0 saturated carbocycles. The van der Waals surface area contributed by atoms with Crippen molar-refractivity contribution in [3.8, 4) is 0 Å². The van der Waals surface area contributed by atoms with E-state index in [9.17, 15) is 5.11 Å². The fraction of sp³-hybridized carbons (Fsp3) is 0.429. The van der Waals surface area contributed by atoms with Crippen molar-refractivity contribution in [2.45, 2.75) is 39.7 Å². The van der Waals surface area contributed by atoms with Gasteiger partial charge >= 0.3 is 0 Å². The summed E-state index contributed by atoms with van der Waals surface area (Å²) in [7, 11) is 0. The zero-order valence-corrected chi connectivity index (χ0v) is 11.8. The first-order valence-electron chi connectivity index (χ1n) is 5.51. The highest BCUT2D eigenvalue weighted by Crippen LogP contribution is 2.27. The van der Waals surface area contributed by atoms with Gasteiger partial charge in [0.1, 0.15) is 0 Å². The monoisotopic (exact) mass is 282 g/mol. The Kier molecular flexibility index (Phi) is 4.75. The summed E-state index contributed by atoms with van der Waals surface area (Å²) in [6.07, 6.45) is 1.23. The summed E-state index contributed by atoms with van der Waals surface area (Å²) in [6, 6.07) is 4.08. The Morgan fingerprint density at radius 2 is 1.88 bits per heavy atom. The third-order valence-electron chi connectivity index (χ3n) is 2.69. The molecule has 16 heavy (non-hydrogen) atoms. The molecule has 0 aliphatic rings. The second-order valence-corrected chi connectivity index (χ2v) is 5.27. The van der Waals surface area contributed by atoms with Crippen LogP contribution in [0.3, 0.4) is 0 Å². The Hall–Kier alpha value is -0.600. The van der Waals surface area contributed by atoms with Crippen LogP contribution in [0, 0.1) is 13.8 Å². The first-order chi connectivity index (χ1) is 7.41. The van der Waals surface area contributed by atoms with Crippen molar-refractivity contribution < 1.29 is 5.11 Å². The second-order valence-electron chi connectivity index (χ2n) is 4.48. The standard InChI is InChI=1S/C14H19BrO/c1-9(2)5-6-13(16)12-7-10(3)14(15)11(4)8-12/h7-8,13,16H,1,5-6H2,2-4H3. The molecule has 0 bridgehead atoms. The van der Waals surface area contributed by atoms with Gasteiger partial charge in [-0.05, 0) is 50.3 Å². The van der Waals surface area contributed by atoms with Crippen LogP contribution in [0.4, 0.5) is 0 Å².